The number of hydrogen-bond donors (Lipinski definition) is 0. The van der Waals surface area contributed by atoms with Crippen LogP contribution in [-0.2, 0) is 6.61 Å². The monoisotopic (exact) mass is 317 g/mol. The minimum Gasteiger partial charge on any atom is -0.496 e. The molecule has 0 radical (unpaired) electrons. The maximum atomic E-state index is 9.07. The molecule has 0 bridgehead atoms. The van der Waals surface area contributed by atoms with E-state index >= 15 is 0 Å². The molecule has 4 heteroatoms. The Balaban J connectivity index is 2.17. The molecule has 0 N–H and O–H groups in total. The summed E-state index contributed by atoms with van der Waals surface area (Å²) < 4.78 is 11.8. The molecular weight excluding hydrogens is 306 g/mol. The third kappa shape index (κ3) is 3.27. The number of benzene rings is 2. The van der Waals surface area contributed by atoms with Crippen LogP contribution >= 0.6 is 15.9 Å². The average molecular weight is 318 g/mol. The summed E-state index contributed by atoms with van der Waals surface area (Å²) in [6, 6.07) is 15.1. The fraction of sp³-hybridized carbons (Fsp3) is 0.133. The molecule has 0 saturated heterocycles. The number of nitrogens with zero attached hydrogens (tertiary/aromatic N) is 1. The molecule has 0 aromatic heterocycles. The number of rotatable bonds is 4. The summed E-state index contributed by atoms with van der Waals surface area (Å²) in [6.07, 6.45) is 0. The molecule has 0 unspecified atom stereocenters. The van der Waals surface area contributed by atoms with Gasteiger partial charge in [0, 0.05) is 10.0 Å². The van der Waals surface area contributed by atoms with Gasteiger partial charge in [-0.25, -0.2) is 0 Å². The lowest BCUT2D eigenvalue weighted by Gasteiger charge is -2.11. The number of hydrogen-bond acceptors (Lipinski definition) is 3. The Bertz CT molecular complexity index is 620. The largest absolute Gasteiger partial charge is 0.496 e. The van der Waals surface area contributed by atoms with Crippen LogP contribution in [0.3, 0.4) is 0 Å². The van der Waals surface area contributed by atoms with Crippen LogP contribution in [0.25, 0.3) is 0 Å². The zero-order valence-corrected chi connectivity index (χ0v) is 12.0. The van der Waals surface area contributed by atoms with Crippen LogP contribution in [0.2, 0.25) is 0 Å². The fourth-order valence-corrected chi connectivity index (χ4v) is 2.05. The standard InChI is InChI=1S/C15H12BrNO2/c1-18-14-5-3-2-4-11(14)10-19-15-7-6-13(16)8-12(15)9-17/h2-8H,10H2,1H3. The van der Waals surface area contributed by atoms with Crippen molar-refractivity contribution in [1.29, 1.82) is 5.26 Å². The van der Waals surface area contributed by atoms with E-state index in [0.29, 0.717) is 17.9 Å². The second-order valence-corrected chi connectivity index (χ2v) is 4.77. The van der Waals surface area contributed by atoms with Gasteiger partial charge in [-0.15, -0.1) is 0 Å². The quantitative estimate of drug-likeness (QED) is 0.858. The summed E-state index contributed by atoms with van der Waals surface area (Å²) in [5.41, 5.74) is 1.45. The summed E-state index contributed by atoms with van der Waals surface area (Å²) in [5, 5.41) is 9.07. The van der Waals surface area contributed by atoms with Crippen molar-refractivity contribution in [3.63, 3.8) is 0 Å². The molecule has 0 amide bonds. The van der Waals surface area contributed by atoms with Crippen LogP contribution in [0.1, 0.15) is 11.1 Å². The van der Waals surface area contributed by atoms with Crippen molar-refractivity contribution in [1.82, 2.24) is 0 Å². The third-order valence-corrected chi connectivity index (χ3v) is 3.13. The van der Waals surface area contributed by atoms with Gasteiger partial charge in [-0.2, -0.15) is 5.26 Å². The SMILES string of the molecule is COc1ccccc1COc1ccc(Br)cc1C#N. The molecule has 0 spiro atoms. The highest BCUT2D eigenvalue weighted by Gasteiger charge is 2.06. The van der Waals surface area contributed by atoms with Gasteiger partial charge in [-0.05, 0) is 24.3 Å². The zero-order valence-electron chi connectivity index (χ0n) is 10.4. The molecule has 0 saturated carbocycles. The van der Waals surface area contributed by atoms with Crippen LogP contribution in [0, 0.1) is 11.3 Å². The number of ether oxygens (including phenoxy) is 2. The first-order chi connectivity index (χ1) is 9.24. The van der Waals surface area contributed by atoms with Gasteiger partial charge in [-0.1, -0.05) is 34.1 Å². The van der Waals surface area contributed by atoms with Crippen LogP contribution in [0.4, 0.5) is 0 Å². The summed E-state index contributed by atoms with van der Waals surface area (Å²) in [7, 11) is 1.62. The van der Waals surface area contributed by atoms with Crippen molar-refractivity contribution in [2.45, 2.75) is 6.61 Å². The molecule has 0 aliphatic heterocycles. The highest BCUT2D eigenvalue weighted by atomic mass is 79.9. The Morgan fingerprint density at radius 3 is 2.68 bits per heavy atom. The smallest absolute Gasteiger partial charge is 0.137 e. The van der Waals surface area contributed by atoms with Crippen molar-refractivity contribution in [2.24, 2.45) is 0 Å². The fourth-order valence-electron chi connectivity index (χ4n) is 1.69. The first-order valence-corrected chi connectivity index (χ1v) is 6.48. The molecule has 2 rings (SSSR count). The molecule has 96 valence electrons. The maximum absolute atomic E-state index is 9.07. The third-order valence-electron chi connectivity index (χ3n) is 2.64. The molecule has 0 fully saturated rings. The summed E-state index contributed by atoms with van der Waals surface area (Å²) >= 11 is 3.33. The van der Waals surface area contributed by atoms with Gasteiger partial charge in [0.25, 0.3) is 0 Å². The van der Waals surface area contributed by atoms with Crippen LogP contribution in [-0.4, -0.2) is 7.11 Å². The van der Waals surface area contributed by atoms with E-state index < -0.39 is 0 Å². The lowest BCUT2D eigenvalue weighted by molar-refractivity contribution is 0.296. The number of methoxy groups -OCH3 is 1. The van der Waals surface area contributed by atoms with Crippen LogP contribution in [0.5, 0.6) is 11.5 Å². The predicted molar refractivity (Wildman–Crippen MR) is 76.2 cm³/mol. The van der Waals surface area contributed by atoms with Gasteiger partial charge < -0.3 is 9.47 Å². The molecule has 0 heterocycles. The molecule has 0 atom stereocenters. The number of para-hydroxylation sites is 1. The predicted octanol–water partition coefficient (Wildman–Crippen LogP) is 3.91. The Morgan fingerprint density at radius 2 is 1.95 bits per heavy atom. The van der Waals surface area contributed by atoms with Crippen molar-refractivity contribution in [3.8, 4) is 17.6 Å². The second kappa shape index (κ2) is 6.26. The number of halogens is 1. The van der Waals surface area contributed by atoms with Crippen molar-refractivity contribution in [2.75, 3.05) is 7.11 Å². The van der Waals surface area contributed by atoms with E-state index in [9.17, 15) is 0 Å². The van der Waals surface area contributed by atoms with E-state index in [4.69, 9.17) is 14.7 Å². The van der Waals surface area contributed by atoms with Crippen molar-refractivity contribution >= 4 is 15.9 Å². The topological polar surface area (TPSA) is 42.2 Å². The van der Waals surface area contributed by atoms with Gasteiger partial charge in [0.05, 0.1) is 12.7 Å². The van der Waals surface area contributed by atoms with E-state index in [1.807, 2.05) is 30.3 Å². The minimum absolute atomic E-state index is 0.361. The Hall–Kier alpha value is -1.99. The molecule has 0 aliphatic rings. The summed E-state index contributed by atoms with van der Waals surface area (Å²) in [4.78, 5) is 0. The molecule has 3 nitrogen and oxygen atoms in total. The normalized spacial score (nSPS) is 9.74. The Morgan fingerprint density at radius 1 is 1.16 bits per heavy atom. The lowest BCUT2D eigenvalue weighted by Crippen LogP contribution is -1.99. The van der Waals surface area contributed by atoms with E-state index in [2.05, 4.69) is 22.0 Å². The molecule has 19 heavy (non-hydrogen) atoms. The summed E-state index contributed by atoms with van der Waals surface area (Å²) in [5.74, 6) is 1.34. The van der Waals surface area contributed by atoms with Gasteiger partial charge in [-0.3, -0.25) is 0 Å². The van der Waals surface area contributed by atoms with E-state index in [1.54, 1.807) is 19.2 Å². The van der Waals surface area contributed by atoms with Gasteiger partial charge >= 0.3 is 0 Å². The average Bonchev–Trinajstić information content (AvgIpc) is 2.46. The van der Waals surface area contributed by atoms with Crippen molar-refractivity contribution < 1.29 is 9.47 Å². The first-order valence-electron chi connectivity index (χ1n) is 5.69. The lowest BCUT2D eigenvalue weighted by atomic mass is 10.2. The van der Waals surface area contributed by atoms with Crippen molar-refractivity contribution in [3.05, 3.63) is 58.1 Å². The van der Waals surface area contributed by atoms with E-state index in [1.165, 1.54) is 0 Å². The molecule has 2 aromatic rings. The minimum atomic E-state index is 0.361. The van der Waals surface area contributed by atoms with Gasteiger partial charge in [0.1, 0.15) is 24.2 Å². The molecule has 0 aliphatic carbocycles. The molecule has 2 aromatic carbocycles. The van der Waals surface area contributed by atoms with Crippen LogP contribution in [0.15, 0.2) is 46.9 Å². The Labute approximate surface area is 120 Å². The number of nitriles is 1. The highest BCUT2D eigenvalue weighted by Crippen LogP contribution is 2.25. The summed E-state index contributed by atoms with van der Waals surface area (Å²) in [6.45, 7) is 0.361. The van der Waals surface area contributed by atoms with E-state index in [0.717, 1.165) is 15.8 Å². The second-order valence-electron chi connectivity index (χ2n) is 3.85. The first kappa shape index (κ1) is 13.4. The Kier molecular flexibility index (Phi) is 4.43. The van der Waals surface area contributed by atoms with Gasteiger partial charge in [0.2, 0.25) is 0 Å². The van der Waals surface area contributed by atoms with Crippen LogP contribution < -0.4 is 9.47 Å². The van der Waals surface area contributed by atoms with E-state index in [-0.39, 0.29) is 0 Å². The molecular formula is C15H12BrNO2. The maximum Gasteiger partial charge on any atom is 0.137 e. The highest BCUT2D eigenvalue weighted by molar-refractivity contribution is 9.10. The van der Waals surface area contributed by atoms with Gasteiger partial charge in [0.15, 0.2) is 0 Å². The zero-order chi connectivity index (χ0) is 13.7.